The Balaban J connectivity index is 1.34. The molecule has 0 aliphatic heterocycles. The van der Waals surface area contributed by atoms with Crippen LogP contribution in [0.1, 0.15) is 10.4 Å². The maximum absolute atomic E-state index is 12.2. The van der Waals surface area contributed by atoms with Crippen LogP contribution in [0.5, 0.6) is 0 Å². The quantitative estimate of drug-likeness (QED) is 0.363. The van der Waals surface area contributed by atoms with Gasteiger partial charge in [0.25, 0.3) is 5.91 Å². The first-order valence-electron chi connectivity index (χ1n) is 8.69. The highest BCUT2D eigenvalue weighted by Crippen LogP contribution is 2.24. The number of fused-ring (bicyclic) bond motifs is 1. The second kappa shape index (κ2) is 6.93. The van der Waals surface area contributed by atoms with Crippen molar-refractivity contribution in [2.24, 2.45) is 0 Å². The molecule has 142 valence electrons. The third-order valence-electron chi connectivity index (χ3n) is 4.26. The van der Waals surface area contributed by atoms with Crippen LogP contribution in [0.2, 0.25) is 0 Å². The maximum atomic E-state index is 12.2. The van der Waals surface area contributed by atoms with Crippen LogP contribution in [-0.4, -0.2) is 36.4 Å². The van der Waals surface area contributed by atoms with Crippen LogP contribution in [0.3, 0.4) is 0 Å². The van der Waals surface area contributed by atoms with Crippen LogP contribution >= 0.6 is 0 Å². The number of nitrogens with zero attached hydrogens (tertiary/aromatic N) is 4. The average Bonchev–Trinajstić information content (AvgIpc) is 3.49. The van der Waals surface area contributed by atoms with E-state index in [4.69, 9.17) is 4.52 Å². The fourth-order valence-electron chi connectivity index (χ4n) is 2.85. The van der Waals surface area contributed by atoms with Crippen molar-refractivity contribution in [1.29, 1.82) is 0 Å². The van der Waals surface area contributed by atoms with Gasteiger partial charge in [-0.1, -0.05) is 17.3 Å². The molecule has 2 aromatic carbocycles. The lowest BCUT2D eigenvalue weighted by Crippen LogP contribution is -2.10. The van der Waals surface area contributed by atoms with Crippen LogP contribution < -0.4 is 10.6 Å². The highest BCUT2D eigenvalue weighted by Gasteiger charge is 2.12. The van der Waals surface area contributed by atoms with Crippen molar-refractivity contribution in [2.75, 3.05) is 10.6 Å². The molecule has 10 nitrogen and oxygen atoms in total. The number of H-pyrrole nitrogens is 2. The highest BCUT2D eigenvalue weighted by molar-refractivity contribution is 6.04. The number of carbonyl (C=O) groups excluding carboxylic acids is 1. The predicted molar refractivity (Wildman–Crippen MR) is 106 cm³/mol. The van der Waals surface area contributed by atoms with E-state index in [0.717, 1.165) is 16.6 Å². The van der Waals surface area contributed by atoms with Gasteiger partial charge in [-0.3, -0.25) is 15.0 Å². The number of carbonyl (C=O) groups is 1. The zero-order valence-corrected chi connectivity index (χ0v) is 14.9. The lowest BCUT2D eigenvalue weighted by molar-refractivity contribution is 0.102. The Morgan fingerprint density at radius 3 is 2.90 bits per heavy atom. The molecule has 1 amide bonds. The maximum Gasteiger partial charge on any atom is 0.326 e. The molecule has 5 rings (SSSR count). The molecule has 0 fully saturated rings. The Kier molecular flexibility index (Phi) is 3.98. The zero-order chi connectivity index (χ0) is 19.6. The van der Waals surface area contributed by atoms with Crippen molar-refractivity contribution in [3.63, 3.8) is 0 Å². The van der Waals surface area contributed by atoms with E-state index >= 15 is 0 Å². The molecule has 0 saturated carbocycles. The van der Waals surface area contributed by atoms with E-state index in [9.17, 15) is 4.79 Å². The Bertz CT molecular complexity index is 1290. The van der Waals surface area contributed by atoms with Crippen LogP contribution in [-0.2, 0) is 0 Å². The van der Waals surface area contributed by atoms with E-state index < -0.39 is 0 Å². The van der Waals surface area contributed by atoms with Gasteiger partial charge in [0, 0.05) is 28.5 Å². The molecule has 10 heteroatoms. The van der Waals surface area contributed by atoms with E-state index in [-0.39, 0.29) is 11.9 Å². The predicted octanol–water partition coefficient (Wildman–Crippen LogP) is 3.33. The molecule has 0 spiro atoms. The molecule has 0 radical (unpaired) electrons. The molecule has 3 aromatic heterocycles. The molecule has 0 saturated heterocycles. The van der Waals surface area contributed by atoms with Crippen molar-refractivity contribution in [2.45, 2.75) is 0 Å². The molecule has 29 heavy (non-hydrogen) atoms. The van der Waals surface area contributed by atoms with Crippen molar-refractivity contribution in [3.05, 3.63) is 66.6 Å². The number of nitrogens with one attached hydrogen (secondary N) is 4. The first-order chi connectivity index (χ1) is 14.2. The number of benzene rings is 2. The number of anilines is 3. The Morgan fingerprint density at radius 1 is 1.03 bits per heavy atom. The van der Waals surface area contributed by atoms with E-state index in [0.29, 0.717) is 22.6 Å². The standard InChI is InChI=1S/C19H14N8O2/c28-18(13-9-20-21-10-13)23-14-3-1-2-11(6-14)17-25-19(29-27-17)24-15-4-5-16-12(7-15)8-22-26-16/h1-10H,(H,20,21)(H,22,26)(H,23,28)(H,24,25,27). The highest BCUT2D eigenvalue weighted by atomic mass is 16.5. The Hall–Kier alpha value is -4.47. The molecule has 5 aromatic rings. The first-order valence-corrected chi connectivity index (χ1v) is 8.69. The molecule has 4 N–H and O–H groups in total. The minimum Gasteiger partial charge on any atom is -0.322 e. The summed E-state index contributed by atoms with van der Waals surface area (Å²) in [6.45, 7) is 0. The van der Waals surface area contributed by atoms with Gasteiger partial charge in [0.2, 0.25) is 5.82 Å². The minimum absolute atomic E-state index is 0.260. The number of aromatic amines is 2. The van der Waals surface area contributed by atoms with E-state index in [2.05, 4.69) is 41.2 Å². The summed E-state index contributed by atoms with van der Waals surface area (Å²) in [5.74, 6) is 0.136. The second-order valence-electron chi connectivity index (χ2n) is 6.24. The summed E-state index contributed by atoms with van der Waals surface area (Å²) in [5, 5.41) is 24.1. The fraction of sp³-hybridized carbons (Fsp3) is 0. The first kappa shape index (κ1) is 16.7. The molecule has 0 aliphatic carbocycles. The van der Waals surface area contributed by atoms with Crippen molar-refractivity contribution >= 4 is 34.2 Å². The molecular weight excluding hydrogens is 372 g/mol. The summed E-state index contributed by atoms with van der Waals surface area (Å²) in [6, 6.07) is 13.2. The molecular formula is C19H14N8O2. The van der Waals surface area contributed by atoms with Gasteiger partial charge >= 0.3 is 6.01 Å². The lowest BCUT2D eigenvalue weighted by atomic mass is 10.2. The second-order valence-corrected chi connectivity index (χ2v) is 6.24. The van der Waals surface area contributed by atoms with Crippen LogP contribution in [0.4, 0.5) is 17.4 Å². The van der Waals surface area contributed by atoms with Gasteiger partial charge < -0.3 is 15.2 Å². The normalized spacial score (nSPS) is 10.9. The summed E-state index contributed by atoms with van der Waals surface area (Å²) in [6.07, 6.45) is 4.72. The molecule has 0 aliphatic rings. The Labute approximate surface area is 163 Å². The van der Waals surface area contributed by atoms with Crippen LogP contribution in [0.15, 0.2) is 65.6 Å². The van der Waals surface area contributed by atoms with Crippen LogP contribution in [0, 0.1) is 0 Å². The number of amides is 1. The van der Waals surface area contributed by atoms with E-state index in [1.54, 1.807) is 24.4 Å². The largest absolute Gasteiger partial charge is 0.326 e. The summed E-state index contributed by atoms with van der Waals surface area (Å²) >= 11 is 0. The third kappa shape index (κ3) is 3.41. The topological polar surface area (TPSA) is 137 Å². The molecule has 3 heterocycles. The number of hydrogen-bond acceptors (Lipinski definition) is 7. The van der Waals surface area contributed by atoms with Gasteiger partial charge in [-0.05, 0) is 30.3 Å². The zero-order valence-electron chi connectivity index (χ0n) is 14.9. The van der Waals surface area contributed by atoms with E-state index in [1.807, 2.05) is 24.3 Å². The molecule has 0 unspecified atom stereocenters. The summed E-state index contributed by atoms with van der Waals surface area (Å²) in [7, 11) is 0. The third-order valence-corrected chi connectivity index (χ3v) is 4.26. The van der Waals surface area contributed by atoms with Gasteiger partial charge in [-0.2, -0.15) is 15.2 Å². The molecule has 0 atom stereocenters. The lowest BCUT2D eigenvalue weighted by Gasteiger charge is -2.04. The van der Waals surface area contributed by atoms with Crippen molar-refractivity contribution in [3.8, 4) is 11.4 Å². The summed E-state index contributed by atoms with van der Waals surface area (Å²) in [4.78, 5) is 16.5. The fourth-order valence-corrected chi connectivity index (χ4v) is 2.85. The molecule has 0 bridgehead atoms. The number of hydrogen-bond donors (Lipinski definition) is 4. The van der Waals surface area contributed by atoms with Crippen LogP contribution in [0.25, 0.3) is 22.3 Å². The van der Waals surface area contributed by atoms with Gasteiger partial charge in [0.15, 0.2) is 0 Å². The van der Waals surface area contributed by atoms with Crippen molar-refractivity contribution in [1.82, 2.24) is 30.5 Å². The number of aromatic nitrogens is 6. The average molecular weight is 386 g/mol. The van der Waals surface area contributed by atoms with E-state index in [1.165, 1.54) is 12.4 Å². The van der Waals surface area contributed by atoms with Gasteiger partial charge in [-0.15, -0.1) is 0 Å². The van der Waals surface area contributed by atoms with Gasteiger partial charge in [0.1, 0.15) is 0 Å². The van der Waals surface area contributed by atoms with Gasteiger partial charge in [-0.25, -0.2) is 0 Å². The minimum atomic E-state index is -0.263. The summed E-state index contributed by atoms with van der Waals surface area (Å²) < 4.78 is 5.30. The van der Waals surface area contributed by atoms with Crippen molar-refractivity contribution < 1.29 is 9.32 Å². The van der Waals surface area contributed by atoms with Gasteiger partial charge in [0.05, 0.1) is 23.5 Å². The monoisotopic (exact) mass is 386 g/mol. The number of rotatable bonds is 5. The SMILES string of the molecule is O=C(Nc1cccc(-c2noc(Nc3ccc4[nH]ncc4c3)n2)c1)c1cn[nH]c1. The summed E-state index contributed by atoms with van der Waals surface area (Å²) in [5.41, 5.74) is 3.50. The smallest absolute Gasteiger partial charge is 0.322 e. The Morgan fingerprint density at radius 2 is 2.00 bits per heavy atom.